The number of rotatable bonds is 6. The fourth-order valence-electron chi connectivity index (χ4n) is 2.14. The van der Waals surface area contributed by atoms with Crippen LogP contribution in [0.5, 0.6) is 0 Å². The highest BCUT2D eigenvalue weighted by atomic mass is 16.6. The van der Waals surface area contributed by atoms with Crippen LogP contribution in [0.25, 0.3) is 0 Å². The van der Waals surface area contributed by atoms with Crippen molar-refractivity contribution < 1.29 is 9.72 Å². The van der Waals surface area contributed by atoms with Crippen molar-refractivity contribution in [3.63, 3.8) is 0 Å². The predicted molar refractivity (Wildman–Crippen MR) is 89.8 cm³/mol. The number of amides is 1. The molecule has 0 fully saturated rings. The molecule has 0 aromatic heterocycles. The van der Waals surface area contributed by atoms with Crippen molar-refractivity contribution >= 4 is 17.3 Å². The maximum Gasteiger partial charge on any atom is 0.269 e. The lowest BCUT2D eigenvalue weighted by molar-refractivity contribution is -0.384. The number of nitro benzene ring substituents is 1. The Labute approximate surface area is 135 Å². The van der Waals surface area contributed by atoms with Gasteiger partial charge >= 0.3 is 0 Å². The molecule has 0 unspecified atom stereocenters. The van der Waals surface area contributed by atoms with Crippen LogP contribution in [0.2, 0.25) is 0 Å². The van der Waals surface area contributed by atoms with Crippen molar-refractivity contribution in [1.82, 2.24) is 4.90 Å². The van der Waals surface area contributed by atoms with E-state index in [1.54, 1.807) is 29.2 Å². The van der Waals surface area contributed by atoms with E-state index < -0.39 is 4.92 Å². The summed E-state index contributed by atoms with van der Waals surface area (Å²) in [5.41, 5.74) is 1.24. The van der Waals surface area contributed by atoms with Gasteiger partial charge in [-0.1, -0.05) is 18.2 Å². The van der Waals surface area contributed by atoms with E-state index in [9.17, 15) is 14.9 Å². The van der Waals surface area contributed by atoms with Gasteiger partial charge in [-0.2, -0.15) is 0 Å². The molecule has 0 aliphatic carbocycles. The monoisotopic (exact) mass is 313 g/mol. The quantitative estimate of drug-likeness (QED) is 0.607. The first-order chi connectivity index (χ1) is 11.0. The number of nitro groups is 1. The van der Waals surface area contributed by atoms with E-state index in [0.29, 0.717) is 24.3 Å². The van der Waals surface area contributed by atoms with Crippen LogP contribution in [0, 0.1) is 10.1 Å². The van der Waals surface area contributed by atoms with Gasteiger partial charge in [0.2, 0.25) is 0 Å². The molecule has 6 heteroatoms. The molecule has 0 N–H and O–H groups in total. The first-order valence-electron chi connectivity index (χ1n) is 7.25. The van der Waals surface area contributed by atoms with Gasteiger partial charge in [0.25, 0.3) is 11.6 Å². The van der Waals surface area contributed by atoms with Gasteiger partial charge in [-0.3, -0.25) is 14.9 Å². The molecule has 0 atom stereocenters. The van der Waals surface area contributed by atoms with Gasteiger partial charge in [-0.15, -0.1) is 0 Å². The Morgan fingerprint density at radius 3 is 2.13 bits per heavy atom. The van der Waals surface area contributed by atoms with Crippen molar-refractivity contribution in [2.24, 2.45) is 0 Å². The SMILES string of the molecule is CN(C)CCN(C(=O)c1ccccc1)c1ccc([N+](=O)[O-])cc1. The number of carbonyl (C=O) groups excluding carboxylic acids is 1. The zero-order chi connectivity index (χ0) is 16.8. The highest BCUT2D eigenvalue weighted by molar-refractivity contribution is 6.06. The highest BCUT2D eigenvalue weighted by Gasteiger charge is 2.18. The second-order valence-electron chi connectivity index (χ2n) is 5.40. The van der Waals surface area contributed by atoms with Crippen molar-refractivity contribution in [2.75, 3.05) is 32.1 Å². The summed E-state index contributed by atoms with van der Waals surface area (Å²) < 4.78 is 0. The molecule has 0 heterocycles. The van der Waals surface area contributed by atoms with Crippen LogP contribution in [0.15, 0.2) is 54.6 Å². The van der Waals surface area contributed by atoms with Gasteiger partial charge in [-0.05, 0) is 38.4 Å². The average Bonchev–Trinajstić information content (AvgIpc) is 2.56. The van der Waals surface area contributed by atoms with Crippen LogP contribution < -0.4 is 4.90 Å². The maximum atomic E-state index is 12.8. The molecule has 0 aliphatic heterocycles. The molecule has 2 aromatic rings. The number of hydrogen-bond acceptors (Lipinski definition) is 4. The summed E-state index contributed by atoms with van der Waals surface area (Å²) in [5, 5.41) is 10.8. The molecule has 0 bridgehead atoms. The summed E-state index contributed by atoms with van der Waals surface area (Å²) in [7, 11) is 3.86. The largest absolute Gasteiger partial charge is 0.308 e. The van der Waals surface area contributed by atoms with E-state index in [0.717, 1.165) is 0 Å². The van der Waals surface area contributed by atoms with Crippen molar-refractivity contribution in [3.8, 4) is 0 Å². The standard InChI is InChI=1S/C17H19N3O3/c1-18(2)12-13-19(17(21)14-6-4-3-5-7-14)15-8-10-16(11-9-15)20(22)23/h3-11H,12-13H2,1-2H3. The summed E-state index contributed by atoms with van der Waals surface area (Å²) in [4.78, 5) is 26.7. The molecule has 23 heavy (non-hydrogen) atoms. The number of anilines is 1. The number of likely N-dealkylation sites (N-methyl/N-ethyl adjacent to an activating group) is 1. The van der Waals surface area contributed by atoms with Gasteiger partial charge in [-0.25, -0.2) is 0 Å². The average molecular weight is 313 g/mol. The molecule has 2 aromatic carbocycles. The lowest BCUT2D eigenvalue weighted by atomic mass is 10.1. The summed E-state index contributed by atoms with van der Waals surface area (Å²) >= 11 is 0. The maximum absolute atomic E-state index is 12.8. The van der Waals surface area contributed by atoms with Gasteiger partial charge in [0, 0.05) is 36.5 Å². The smallest absolute Gasteiger partial charge is 0.269 e. The van der Waals surface area contributed by atoms with E-state index >= 15 is 0 Å². The van der Waals surface area contributed by atoms with Crippen LogP contribution in [-0.4, -0.2) is 42.9 Å². The molecular weight excluding hydrogens is 294 g/mol. The summed E-state index contributed by atoms with van der Waals surface area (Å²) in [6.45, 7) is 1.19. The third kappa shape index (κ3) is 4.37. The van der Waals surface area contributed by atoms with Crippen molar-refractivity contribution in [1.29, 1.82) is 0 Å². The Balaban J connectivity index is 2.29. The summed E-state index contributed by atoms with van der Waals surface area (Å²) in [5.74, 6) is -0.124. The lowest BCUT2D eigenvalue weighted by Crippen LogP contribution is -2.36. The summed E-state index contributed by atoms with van der Waals surface area (Å²) in [6.07, 6.45) is 0. The minimum absolute atomic E-state index is 0.00784. The first-order valence-corrected chi connectivity index (χ1v) is 7.25. The van der Waals surface area contributed by atoms with Crippen LogP contribution in [0.3, 0.4) is 0 Å². The Hall–Kier alpha value is -2.73. The van der Waals surface area contributed by atoms with Crippen LogP contribution in [0.4, 0.5) is 11.4 Å². The Kier molecular flexibility index (Phi) is 5.43. The number of nitrogens with zero attached hydrogens (tertiary/aromatic N) is 3. The second-order valence-corrected chi connectivity index (χ2v) is 5.40. The number of non-ortho nitro benzene ring substituents is 1. The Morgan fingerprint density at radius 2 is 1.61 bits per heavy atom. The zero-order valence-electron chi connectivity index (χ0n) is 13.2. The normalized spacial score (nSPS) is 10.6. The third-order valence-electron chi connectivity index (χ3n) is 3.41. The molecule has 0 radical (unpaired) electrons. The molecular formula is C17H19N3O3. The van der Waals surface area contributed by atoms with Gasteiger partial charge in [0.15, 0.2) is 0 Å². The molecule has 0 aliphatic rings. The van der Waals surface area contributed by atoms with Crippen LogP contribution in [0.1, 0.15) is 10.4 Å². The van der Waals surface area contributed by atoms with Gasteiger partial charge in [0.1, 0.15) is 0 Å². The fraction of sp³-hybridized carbons (Fsp3) is 0.235. The minimum Gasteiger partial charge on any atom is -0.308 e. The molecule has 0 spiro atoms. The van der Waals surface area contributed by atoms with E-state index in [2.05, 4.69) is 0 Å². The molecule has 0 saturated carbocycles. The van der Waals surface area contributed by atoms with E-state index in [1.807, 2.05) is 37.2 Å². The number of hydrogen-bond donors (Lipinski definition) is 0. The Bertz CT molecular complexity index is 669. The van der Waals surface area contributed by atoms with Gasteiger partial charge < -0.3 is 9.80 Å². The molecule has 1 amide bonds. The topological polar surface area (TPSA) is 66.7 Å². The number of carbonyl (C=O) groups is 1. The second kappa shape index (κ2) is 7.51. The molecule has 2 rings (SSSR count). The third-order valence-corrected chi connectivity index (χ3v) is 3.41. The fourth-order valence-corrected chi connectivity index (χ4v) is 2.14. The minimum atomic E-state index is -0.451. The van der Waals surface area contributed by atoms with Crippen molar-refractivity contribution in [2.45, 2.75) is 0 Å². The molecule has 6 nitrogen and oxygen atoms in total. The Morgan fingerprint density at radius 1 is 1.00 bits per heavy atom. The van der Waals surface area contributed by atoms with Crippen molar-refractivity contribution in [3.05, 3.63) is 70.3 Å². The van der Waals surface area contributed by atoms with E-state index in [1.165, 1.54) is 12.1 Å². The number of benzene rings is 2. The highest BCUT2D eigenvalue weighted by Crippen LogP contribution is 2.21. The zero-order valence-corrected chi connectivity index (χ0v) is 13.2. The predicted octanol–water partition coefficient (Wildman–Crippen LogP) is 2.80. The van der Waals surface area contributed by atoms with Crippen LogP contribution >= 0.6 is 0 Å². The van der Waals surface area contributed by atoms with E-state index in [-0.39, 0.29) is 11.6 Å². The lowest BCUT2D eigenvalue weighted by Gasteiger charge is -2.24. The van der Waals surface area contributed by atoms with Crippen LogP contribution in [-0.2, 0) is 0 Å². The summed E-state index contributed by atoms with van der Waals surface area (Å²) in [6, 6.07) is 15.0. The van der Waals surface area contributed by atoms with E-state index in [4.69, 9.17) is 0 Å². The first kappa shape index (κ1) is 16.6. The molecule has 120 valence electrons. The molecule has 0 saturated heterocycles. The van der Waals surface area contributed by atoms with Gasteiger partial charge in [0.05, 0.1) is 4.92 Å².